The fourth-order valence-corrected chi connectivity index (χ4v) is 2.32. The van der Waals surface area contributed by atoms with E-state index in [0.29, 0.717) is 25.5 Å². The highest BCUT2D eigenvalue weighted by molar-refractivity contribution is 7.11. The highest BCUT2D eigenvalue weighted by atomic mass is 32.1. The molecule has 7 heteroatoms. The number of carbonyl (C=O) groups excluding carboxylic acids is 1. The fourth-order valence-electron chi connectivity index (χ4n) is 1.61. The number of amides is 1. The Bertz CT molecular complexity index is 458. The fraction of sp³-hybridized carbons (Fsp3) is 0.643. The van der Waals surface area contributed by atoms with Gasteiger partial charge in [-0.25, -0.2) is 9.98 Å². The first kappa shape index (κ1) is 17.4. The number of carbonyl (C=O) groups is 1. The van der Waals surface area contributed by atoms with Crippen molar-refractivity contribution in [3.63, 3.8) is 0 Å². The first-order valence-corrected chi connectivity index (χ1v) is 8.17. The minimum atomic E-state index is 0.0655. The van der Waals surface area contributed by atoms with Gasteiger partial charge in [0.1, 0.15) is 5.01 Å². The van der Waals surface area contributed by atoms with Crippen molar-refractivity contribution in [3.8, 4) is 0 Å². The van der Waals surface area contributed by atoms with Gasteiger partial charge >= 0.3 is 0 Å². The van der Waals surface area contributed by atoms with Crippen molar-refractivity contribution in [3.05, 3.63) is 16.1 Å². The number of thiazole rings is 1. The molecule has 0 spiro atoms. The van der Waals surface area contributed by atoms with E-state index >= 15 is 0 Å². The Morgan fingerprint density at radius 1 is 1.29 bits per heavy atom. The van der Waals surface area contributed by atoms with Crippen LogP contribution in [0.3, 0.4) is 0 Å². The summed E-state index contributed by atoms with van der Waals surface area (Å²) in [6.45, 7) is 8.71. The molecule has 0 atom stereocenters. The maximum Gasteiger partial charge on any atom is 0.221 e. The standard InChI is InChI=1S/C14H25N5OS/c1-4-7-16-12(20)6-8-17-14(15-5-2)19-10-13-18-9-11(3)21-13/h9H,4-8,10H2,1-3H3,(H,16,20)(H2,15,17,19). The quantitative estimate of drug-likeness (QED) is 0.501. The molecule has 0 saturated heterocycles. The zero-order chi connectivity index (χ0) is 15.5. The summed E-state index contributed by atoms with van der Waals surface area (Å²) in [5.74, 6) is 0.782. The van der Waals surface area contributed by atoms with Crippen LogP contribution in [0.2, 0.25) is 0 Å². The topological polar surface area (TPSA) is 78.4 Å². The van der Waals surface area contributed by atoms with E-state index < -0.39 is 0 Å². The third-order valence-corrected chi connectivity index (χ3v) is 3.50. The highest BCUT2D eigenvalue weighted by Gasteiger charge is 2.03. The van der Waals surface area contributed by atoms with E-state index in [1.807, 2.05) is 27.0 Å². The number of nitrogens with zero attached hydrogens (tertiary/aromatic N) is 2. The van der Waals surface area contributed by atoms with Crippen molar-refractivity contribution in [2.24, 2.45) is 4.99 Å². The van der Waals surface area contributed by atoms with E-state index in [9.17, 15) is 4.79 Å². The molecule has 0 unspecified atom stereocenters. The first-order chi connectivity index (χ1) is 10.2. The van der Waals surface area contributed by atoms with E-state index in [4.69, 9.17) is 0 Å². The molecule has 1 rings (SSSR count). The number of aryl methyl sites for hydroxylation is 1. The zero-order valence-corrected chi connectivity index (χ0v) is 13.8. The van der Waals surface area contributed by atoms with Gasteiger partial charge in [0.2, 0.25) is 5.91 Å². The van der Waals surface area contributed by atoms with Crippen molar-refractivity contribution in [2.45, 2.75) is 40.2 Å². The van der Waals surface area contributed by atoms with Gasteiger partial charge in [0.15, 0.2) is 5.96 Å². The van der Waals surface area contributed by atoms with Crippen LogP contribution in [0.15, 0.2) is 11.2 Å². The van der Waals surface area contributed by atoms with Crippen LogP contribution in [-0.2, 0) is 11.3 Å². The largest absolute Gasteiger partial charge is 0.357 e. The van der Waals surface area contributed by atoms with Crippen molar-refractivity contribution in [1.29, 1.82) is 0 Å². The van der Waals surface area contributed by atoms with Gasteiger partial charge in [-0.05, 0) is 20.3 Å². The molecule has 118 valence electrons. The first-order valence-electron chi connectivity index (χ1n) is 7.35. The third kappa shape index (κ3) is 7.65. The number of guanidine groups is 1. The molecule has 0 bridgehead atoms. The Morgan fingerprint density at radius 3 is 2.71 bits per heavy atom. The lowest BCUT2D eigenvalue weighted by Crippen LogP contribution is -2.39. The van der Waals surface area contributed by atoms with Crippen LogP contribution in [0.25, 0.3) is 0 Å². The normalized spacial score (nSPS) is 11.3. The van der Waals surface area contributed by atoms with Gasteiger partial charge < -0.3 is 16.0 Å². The molecule has 0 aliphatic rings. The summed E-state index contributed by atoms with van der Waals surface area (Å²) in [6.07, 6.45) is 3.26. The average molecular weight is 311 g/mol. The number of rotatable bonds is 8. The molecule has 0 aromatic carbocycles. The van der Waals surface area contributed by atoms with E-state index in [1.54, 1.807) is 11.3 Å². The van der Waals surface area contributed by atoms with Crippen LogP contribution >= 0.6 is 11.3 Å². The number of aromatic nitrogens is 1. The number of hydrogen-bond acceptors (Lipinski definition) is 4. The molecule has 0 radical (unpaired) electrons. The number of aliphatic imine (C=N–C) groups is 1. The van der Waals surface area contributed by atoms with Gasteiger partial charge in [-0.1, -0.05) is 6.92 Å². The molecule has 21 heavy (non-hydrogen) atoms. The van der Waals surface area contributed by atoms with Crippen molar-refractivity contribution >= 4 is 23.2 Å². The minimum absolute atomic E-state index is 0.0655. The summed E-state index contributed by atoms with van der Waals surface area (Å²) >= 11 is 1.65. The Balaban J connectivity index is 2.36. The Kier molecular flexibility index (Phi) is 8.42. The molecule has 0 aliphatic carbocycles. The molecule has 0 fully saturated rings. The van der Waals surface area contributed by atoms with Crippen LogP contribution in [0.5, 0.6) is 0 Å². The second kappa shape index (κ2) is 10.1. The summed E-state index contributed by atoms with van der Waals surface area (Å²) < 4.78 is 0. The molecule has 6 nitrogen and oxygen atoms in total. The summed E-state index contributed by atoms with van der Waals surface area (Å²) in [5.41, 5.74) is 0. The van der Waals surface area contributed by atoms with E-state index in [0.717, 1.165) is 24.5 Å². The molecule has 1 aromatic rings. The van der Waals surface area contributed by atoms with Gasteiger partial charge in [0, 0.05) is 37.1 Å². The summed E-state index contributed by atoms with van der Waals surface area (Å²) in [5, 5.41) is 10.2. The number of nitrogens with one attached hydrogen (secondary N) is 3. The van der Waals surface area contributed by atoms with Gasteiger partial charge in [-0.2, -0.15) is 0 Å². The van der Waals surface area contributed by atoms with Crippen LogP contribution in [0, 0.1) is 6.92 Å². The van der Waals surface area contributed by atoms with Gasteiger partial charge in [0.05, 0.1) is 6.54 Å². The van der Waals surface area contributed by atoms with Gasteiger partial charge in [-0.3, -0.25) is 4.79 Å². The molecular formula is C14H25N5OS. The molecule has 0 saturated carbocycles. The minimum Gasteiger partial charge on any atom is -0.357 e. The maximum absolute atomic E-state index is 11.5. The van der Waals surface area contributed by atoms with Crippen molar-refractivity contribution < 1.29 is 4.79 Å². The predicted octanol–water partition coefficient (Wildman–Crippen LogP) is 1.42. The number of hydrogen-bond donors (Lipinski definition) is 3. The monoisotopic (exact) mass is 311 g/mol. The van der Waals surface area contributed by atoms with Crippen molar-refractivity contribution in [2.75, 3.05) is 19.6 Å². The molecule has 1 heterocycles. The smallest absolute Gasteiger partial charge is 0.221 e. The average Bonchev–Trinajstić information content (AvgIpc) is 2.88. The second-order valence-electron chi connectivity index (χ2n) is 4.59. The molecule has 1 amide bonds. The lowest BCUT2D eigenvalue weighted by Gasteiger charge is -2.10. The Morgan fingerprint density at radius 2 is 2.10 bits per heavy atom. The second-order valence-corrected chi connectivity index (χ2v) is 5.91. The maximum atomic E-state index is 11.5. The molecule has 0 aliphatic heterocycles. The third-order valence-electron chi connectivity index (χ3n) is 2.60. The van der Waals surface area contributed by atoms with E-state index in [-0.39, 0.29) is 5.91 Å². The summed E-state index contributed by atoms with van der Waals surface area (Å²) in [6, 6.07) is 0. The Hall–Kier alpha value is -1.63. The van der Waals surface area contributed by atoms with Gasteiger partial charge in [-0.15, -0.1) is 11.3 Å². The predicted molar refractivity (Wildman–Crippen MR) is 87.6 cm³/mol. The SMILES string of the molecule is CCCNC(=O)CCNC(=NCc1ncc(C)s1)NCC. The zero-order valence-electron chi connectivity index (χ0n) is 13.0. The van der Waals surface area contributed by atoms with E-state index in [2.05, 4.69) is 25.9 Å². The molecular weight excluding hydrogens is 286 g/mol. The van der Waals surface area contributed by atoms with Crippen LogP contribution in [0.1, 0.15) is 36.6 Å². The lowest BCUT2D eigenvalue weighted by molar-refractivity contribution is -0.120. The lowest BCUT2D eigenvalue weighted by atomic mass is 10.4. The molecule has 1 aromatic heterocycles. The van der Waals surface area contributed by atoms with Crippen molar-refractivity contribution in [1.82, 2.24) is 20.9 Å². The van der Waals surface area contributed by atoms with E-state index in [1.165, 1.54) is 4.88 Å². The Labute approximate surface area is 130 Å². The summed E-state index contributed by atoms with van der Waals surface area (Å²) in [7, 11) is 0. The van der Waals surface area contributed by atoms with Gasteiger partial charge in [0.25, 0.3) is 0 Å². The molecule has 3 N–H and O–H groups in total. The summed E-state index contributed by atoms with van der Waals surface area (Å²) in [4.78, 5) is 21.4. The van der Waals surface area contributed by atoms with Crippen LogP contribution < -0.4 is 16.0 Å². The van der Waals surface area contributed by atoms with Crippen LogP contribution in [0.4, 0.5) is 0 Å². The van der Waals surface area contributed by atoms with Crippen LogP contribution in [-0.4, -0.2) is 36.5 Å². The highest BCUT2D eigenvalue weighted by Crippen LogP contribution is 2.11.